The molecule has 1 aromatic rings. The number of rotatable bonds is 9. The fraction of sp³-hybridized carbons (Fsp3) is 0.435. The lowest BCUT2D eigenvalue weighted by Crippen LogP contribution is -2.29. The van der Waals surface area contributed by atoms with Crippen LogP contribution < -0.4 is 11.1 Å². The van der Waals surface area contributed by atoms with Gasteiger partial charge >= 0.3 is 6.18 Å². The molecule has 0 radical (unpaired) electrons. The highest BCUT2D eigenvalue weighted by molar-refractivity contribution is 5.83. The molecule has 2 atom stereocenters. The lowest BCUT2D eigenvalue weighted by Gasteiger charge is -2.17. The summed E-state index contributed by atoms with van der Waals surface area (Å²) in [6, 6.07) is 5.86. The molecular weight excluding hydrogens is 413 g/mol. The molecule has 0 heterocycles. The van der Waals surface area contributed by atoms with E-state index >= 15 is 0 Å². The van der Waals surface area contributed by atoms with Gasteiger partial charge in [-0.1, -0.05) is 25.5 Å². The van der Waals surface area contributed by atoms with Crippen LogP contribution in [0.5, 0.6) is 0 Å². The Bertz CT molecular complexity index is 851. The summed E-state index contributed by atoms with van der Waals surface area (Å²) in [6.45, 7) is 3.49. The van der Waals surface area contributed by atoms with Crippen molar-refractivity contribution in [3.05, 3.63) is 70.6 Å². The van der Waals surface area contributed by atoms with Crippen LogP contribution >= 0.6 is 0 Å². The molecule has 1 aliphatic rings. The fourth-order valence-electron chi connectivity index (χ4n) is 3.37. The predicted octanol–water partition coefficient (Wildman–Crippen LogP) is 6.10. The van der Waals surface area contributed by atoms with Gasteiger partial charge in [-0.2, -0.15) is 13.2 Å². The van der Waals surface area contributed by atoms with Gasteiger partial charge in [0.2, 0.25) is 0 Å². The number of nitrogens with zero attached hydrogens (tertiary/aromatic N) is 1. The van der Waals surface area contributed by atoms with Crippen molar-refractivity contribution >= 4 is 6.21 Å². The number of hydrogen-bond acceptors (Lipinski definition) is 3. The molecule has 8 heteroatoms. The molecule has 1 aliphatic carbocycles. The van der Waals surface area contributed by atoms with Crippen LogP contribution in [0.2, 0.25) is 0 Å². The van der Waals surface area contributed by atoms with E-state index in [4.69, 9.17) is 5.73 Å². The van der Waals surface area contributed by atoms with E-state index in [0.29, 0.717) is 37.1 Å². The van der Waals surface area contributed by atoms with Crippen LogP contribution in [0.25, 0.3) is 0 Å². The van der Waals surface area contributed by atoms with E-state index in [1.165, 1.54) is 25.3 Å². The van der Waals surface area contributed by atoms with Crippen molar-refractivity contribution in [2.45, 2.75) is 58.3 Å². The second kappa shape index (κ2) is 11.2. The average molecular weight is 441 g/mol. The van der Waals surface area contributed by atoms with Crippen LogP contribution in [0.4, 0.5) is 22.0 Å². The summed E-state index contributed by atoms with van der Waals surface area (Å²) in [5, 5.41) is 3.29. The number of allylic oxidation sites excluding steroid dienone is 4. The summed E-state index contributed by atoms with van der Waals surface area (Å²) in [4.78, 5) is 4.04. The summed E-state index contributed by atoms with van der Waals surface area (Å²) < 4.78 is 67.2. The normalized spacial score (nSPS) is 19.5. The molecule has 0 fully saturated rings. The van der Waals surface area contributed by atoms with E-state index in [9.17, 15) is 22.0 Å². The van der Waals surface area contributed by atoms with E-state index in [-0.39, 0.29) is 24.0 Å². The minimum Gasteiger partial charge on any atom is -0.402 e. The van der Waals surface area contributed by atoms with Gasteiger partial charge in [0.15, 0.2) is 0 Å². The van der Waals surface area contributed by atoms with Gasteiger partial charge < -0.3 is 11.1 Å². The zero-order valence-electron chi connectivity index (χ0n) is 17.6. The van der Waals surface area contributed by atoms with Crippen LogP contribution in [0.15, 0.2) is 64.2 Å². The standard InChI is InChI=1S/C23H28F5N3/c1-3-5-16(23(26,27)28)12-22(19(25)4-2)31-14-18-20(29)10-11-21(18)30-13-15-6-8-17(24)9-7-15/h4,6-9,12,14,16,21,30H,3,5,10-11,13,29H2,1-2H3/b19-4+,22-12+,31-14?. The molecule has 0 aromatic heterocycles. The molecule has 0 amide bonds. The van der Waals surface area contributed by atoms with Gasteiger partial charge in [-0.05, 0) is 56.0 Å². The molecule has 0 saturated carbocycles. The zero-order valence-corrected chi connectivity index (χ0v) is 17.6. The lowest BCUT2D eigenvalue weighted by atomic mass is 10.0. The molecule has 0 spiro atoms. The Morgan fingerprint density at radius 2 is 1.97 bits per heavy atom. The van der Waals surface area contributed by atoms with Crippen molar-refractivity contribution in [1.29, 1.82) is 0 Å². The van der Waals surface area contributed by atoms with E-state index < -0.39 is 17.9 Å². The Hall–Kier alpha value is -2.48. The van der Waals surface area contributed by atoms with Crippen LogP contribution in [0.1, 0.15) is 45.1 Å². The van der Waals surface area contributed by atoms with Crippen molar-refractivity contribution < 1.29 is 22.0 Å². The summed E-state index contributed by atoms with van der Waals surface area (Å²) in [7, 11) is 0. The average Bonchev–Trinajstić information content (AvgIpc) is 3.08. The second-order valence-corrected chi connectivity index (χ2v) is 7.46. The molecule has 31 heavy (non-hydrogen) atoms. The molecule has 2 rings (SSSR count). The van der Waals surface area contributed by atoms with Gasteiger partial charge in [-0.15, -0.1) is 0 Å². The van der Waals surface area contributed by atoms with Crippen LogP contribution in [-0.2, 0) is 6.54 Å². The third-order valence-corrected chi connectivity index (χ3v) is 5.13. The molecular formula is C23H28F5N3. The molecule has 1 aromatic carbocycles. The number of aliphatic imine (C=N–C) groups is 1. The summed E-state index contributed by atoms with van der Waals surface area (Å²) in [5.74, 6) is -2.93. The van der Waals surface area contributed by atoms with Crippen LogP contribution in [0.3, 0.4) is 0 Å². The van der Waals surface area contributed by atoms with Gasteiger partial charge in [0.1, 0.15) is 11.6 Å². The predicted molar refractivity (Wildman–Crippen MR) is 113 cm³/mol. The number of nitrogens with two attached hydrogens (primary N) is 1. The Kier molecular flexibility index (Phi) is 8.98. The first-order chi connectivity index (χ1) is 14.7. The molecule has 0 aliphatic heterocycles. The van der Waals surface area contributed by atoms with Crippen molar-refractivity contribution in [2.24, 2.45) is 16.6 Å². The van der Waals surface area contributed by atoms with E-state index in [1.54, 1.807) is 19.1 Å². The van der Waals surface area contributed by atoms with E-state index in [1.807, 2.05) is 0 Å². The zero-order chi connectivity index (χ0) is 23.0. The molecule has 3 N–H and O–H groups in total. The molecule has 0 saturated heterocycles. The number of nitrogens with one attached hydrogen (secondary N) is 1. The van der Waals surface area contributed by atoms with Crippen molar-refractivity contribution in [1.82, 2.24) is 5.32 Å². The molecule has 3 nitrogen and oxygen atoms in total. The smallest absolute Gasteiger partial charge is 0.395 e. The van der Waals surface area contributed by atoms with Crippen molar-refractivity contribution in [3.63, 3.8) is 0 Å². The summed E-state index contributed by atoms with van der Waals surface area (Å²) >= 11 is 0. The minimum absolute atomic E-state index is 0.147. The lowest BCUT2D eigenvalue weighted by molar-refractivity contribution is -0.162. The highest BCUT2D eigenvalue weighted by atomic mass is 19.4. The maximum Gasteiger partial charge on any atom is 0.395 e. The third kappa shape index (κ3) is 7.31. The van der Waals surface area contributed by atoms with Crippen molar-refractivity contribution in [2.75, 3.05) is 0 Å². The number of hydrogen-bond donors (Lipinski definition) is 2. The summed E-state index contributed by atoms with van der Waals surface area (Å²) in [6.07, 6.45) is 0.222. The number of alkyl halides is 3. The summed E-state index contributed by atoms with van der Waals surface area (Å²) in [5.41, 5.74) is 7.75. The highest BCUT2D eigenvalue weighted by Crippen LogP contribution is 2.33. The first-order valence-corrected chi connectivity index (χ1v) is 10.3. The quantitative estimate of drug-likeness (QED) is 0.277. The van der Waals surface area contributed by atoms with Crippen molar-refractivity contribution in [3.8, 4) is 0 Å². The van der Waals surface area contributed by atoms with E-state index in [0.717, 1.165) is 17.7 Å². The Morgan fingerprint density at radius 3 is 2.55 bits per heavy atom. The monoisotopic (exact) mass is 441 g/mol. The maximum atomic E-state index is 14.3. The Morgan fingerprint density at radius 1 is 1.29 bits per heavy atom. The third-order valence-electron chi connectivity index (χ3n) is 5.13. The maximum absolute atomic E-state index is 14.3. The Labute approximate surface area is 179 Å². The molecule has 0 bridgehead atoms. The van der Waals surface area contributed by atoms with Gasteiger partial charge in [0.05, 0.1) is 11.6 Å². The second-order valence-electron chi connectivity index (χ2n) is 7.46. The fourth-order valence-corrected chi connectivity index (χ4v) is 3.37. The SMILES string of the molecule is C/C=C(F)\C(=C/C(CCC)C(F)(F)F)N=CC1=C(N)CCC1NCc1ccc(F)cc1. The van der Waals surface area contributed by atoms with Gasteiger partial charge in [0.25, 0.3) is 0 Å². The van der Waals surface area contributed by atoms with E-state index in [2.05, 4.69) is 10.3 Å². The largest absolute Gasteiger partial charge is 0.402 e. The van der Waals surface area contributed by atoms with Gasteiger partial charge in [0, 0.05) is 30.1 Å². The number of halogens is 5. The molecule has 170 valence electrons. The topological polar surface area (TPSA) is 50.4 Å². The van der Waals surface area contributed by atoms with Crippen LogP contribution in [-0.4, -0.2) is 18.4 Å². The van der Waals surface area contributed by atoms with Gasteiger partial charge in [-0.25, -0.2) is 8.78 Å². The number of benzene rings is 1. The first-order valence-electron chi connectivity index (χ1n) is 10.3. The van der Waals surface area contributed by atoms with Gasteiger partial charge in [-0.3, -0.25) is 4.99 Å². The molecule has 2 unspecified atom stereocenters. The highest BCUT2D eigenvalue weighted by Gasteiger charge is 2.37. The Balaban J connectivity index is 2.21. The van der Waals surface area contributed by atoms with Crippen LogP contribution in [0, 0.1) is 11.7 Å². The first kappa shape index (κ1) is 24.8. The minimum atomic E-state index is -4.48.